The van der Waals surface area contributed by atoms with E-state index < -0.39 is 17.6 Å². The van der Waals surface area contributed by atoms with Gasteiger partial charge in [0.15, 0.2) is 0 Å². The molecule has 0 atom stereocenters. The molecule has 4 heteroatoms. The van der Waals surface area contributed by atoms with Crippen LogP contribution in [0.5, 0.6) is 0 Å². The molecule has 1 rings (SSSR count). The van der Waals surface area contributed by atoms with Crippen molar-refractivity contribution in [3.63, 3.8) is 0 Å². The first-order valence-electron chi connectivity index (χ1n) is 3.10. The van der Waals surface area contributed by atoms with Crippen LogP contribution in [-0.2, 0) is 6.18 Å². The minimum absolute atomic E-state index is 0.219. The van der Waals surface area contributed by atoms with E-state index in [4.69, 9.17) is 0 Å². The van der Waals surface area contributed by atoms with Gasteiger partial charge in [0.1, 0.15) is 5.82 Å². The van der Waals surface area contributed by atoms with E-state index in [9.17, 15) is 17.6 Å². The van der Waals surface area contributed by atoms with Crippen LogP contribution in [0.2, 0.25) is 0 Å². The van der Waals surface area contributed by atoms with Crippen LogP contribution in [0.15, 0.2) is 18.2 Å². The molecular weight excluding hydrogens is 172 g/mol. The molecule has 0 saturated carbocycles. The number of hydrogen-bond donors (Lipinski definition) is 0. The fourth-order valence-corrected chi connectivity index (χ4v) is 0.813. The quantitative estimate of drug-likeness (QED) is 0.534. The third-order valence-electron chi connectivity index (χ3n) is 1.38. The van der Waals surface area contributed by atoms with Gasteiger partial charge < -0.3 is 0 Å². The zero-order chi connectivity index (χ0) is 9.35. The molecule has 1 aromatic rings. The fraction of sp³-hybridized carbons (Fsp3) is 0.125. The van der Waals surface area contributed by atoms with Gasteiger partial charge in [-0.3, -0.25) is 0 Å². The van der Waals surface area contributed by atoms with Crippen molar-refractivity contribution in [2.75, 3.05) is 0 Å². The first kappa shape index (κ1) is 9.03. The molecule has 65 valence electrons. The summed E-state index contributed by atoms with van der Waals surface area (Å²) < 4.78 is 48.4. The average molecular weight is 177 g/mol. The van der Waals surface area contributed by atoms with E-state index in [1.807, 2.05) is 0 Å². The predicted molar refractivity (Wildman–Crippen MR) is 35.9 cm³/mol. The van der Waals surface area contributed by atoms with Crippen LogP contribution in [-0.4, -0.2) is 0 Å². The van der Waals surface area contributed by atoms with Gasteiger partial charge in [-0.05, 0) is 24.6 Å². The minimum Gasteiger partial charge on any atom is -0.207 e. The van der Waals surface area contributed by atoms with Crippen molar-refractivity contribution in [1.29, 1.82) is 0 Å². The van der Waals surface area contributed by atoms with Crippen molar-refractivity contribution in [2.45, 2.75) is 6.18 Å². The number of hydrogen-bond acceptors (Lipinski definition) is 0. The number of halogens is 4. The second-order valence-electron chi connectivity index (χ2n) is 2.30. The van der Waals surface area contributed by atoms with Crippen molar-refractivity contribution in [2.24, 2.45) is 0 Å². The van der Waals surface area contributed by atoms with Gasteiger partial charge in [-0.2, -0.15) is 13.2 Å². The van der Waals surface area contributed by atoms with Gasteiger partial charge in [0.05, 0.1) is 5.56 Å². The molecule has 0 saturated heterocycles. The molecular formula is C8H5F4. The van der Waals surface area contributed by atoms with Crippen LogP contribution in [0.4, 0.5) is 17.6 Å². The Morgan fingerprint density at radius 3 is 2.17 bits per heavy atom. The van der Waals surface area contributed by atoms with E-state index in [-0.39, 0.29) is 5.56 Å². The summed E-state index contributed by atoms with van der Waals surface area (Å²) in [6, 6.07) is 2.37. The van der Waals surface area contributed by atoms with E-state index in [0.29, 0.717) is 6.07 Å². The molecule has 0 fully saturated rings. The smallest absolute Gasteiger partial charge is 0.207 e. The van der Waals surface area contributed by atoms with Gasteiger partial charge in [0, 0.05) is 0 Å². The molecule has 0 bridgehead atoms. The summed E-state index contributed by atoms with van der Waals surface area (Å²) in [6.45, 7) is 3.14. The first-order chi connectivity index (χ1) is 5.41. The van der Waals surface area contributed by atoms with Gasteiger partial charge in [0.25, 0.3) is 0 Å². The van der Waals surface area contributed by atoms with Crippen molar-refractivity contribution < 1.29 is 17.6 Å². The Labute approximate surface area is 66.8 Å². The molecule has 0 heterocycles. The second kappa shape index (κ2) is 2.77. The molecule has 0 amide bonds. The van der Waals surface area contributed by atoms with E-state index in [1.54, 1.807) is 0 Å². The second-order valence-corrected chi connectivity index (χ2v) is 2.30. The predicted octanol–water partition coefficient (Wildman–Crippen LogP) is 3.03. The summed E-state index contributed by atoms with van der Waals surface area (Å²) in [4.78, 5) is 0. The Hall–Kier alpha value is -1.06. The highest BCUT2D eigenvalue weighted by molar-refractivity contribution is 5.32. The summed E-state index contributed by atoms with van der Waals surface area (Å²) in [7, 11) is 0. The lowest BCUT2D eigenvalue weighted by Crippen LogP contribution is -2.07. The van der Waals surface area contributed by atoms with Crippen molar-refractivity contribution in [1.82, 2.24) is 0 Å². The van der Waals surface area contributed by atoms with Crippen LogP contribution in [0.1, 0.15) is 11.1 Å². The maximum absolute atomic E-state index is 12.3. The molecule has 0 aliphatic rings. The highest BCUT2D eigenvalue weighted by atomic mass is 19.4. The maximum atomic E-state index is 12.3. The number of alkyl halides is 3. The topological polar surface area (TPSA) is 0 Å². The van der Waals surface area contributed by atoms with Gasteiger partial charge in [-0.1, -0.05) is 6.07 Å². The molecule has 0 N–H and O–H groups in total. The highest BCUT2D eigenvalue weighted by Crippen LogP contribution is 2.31. The molecule has 0 aliphatic heterocycles. The lowest BCUT2D eigenvalue weighted by atomic mass is 10.1. The molecule has 0 aromatic heterocycles. The normalized spacial score (nSPS) is 11.8. The summed E-state index contributed by atoms with van der Waals surface area (Å²) in [5.41, 5.74) is -1.24. The minimum atomic E-state index is -4.53. The summed E-state index contributed by atoms with van der Waals surface area (Å²) in [5.74, 6) is -0.908. The van der Waals surface area contributed by atoms with Crippen LogP contribution in [0.3, 0.4) is 0 Å². The van der Waals surface area contributed by atoms with E-state index >= 15 is 0 Å². The summed E-state index contributed by atoms with van der Waals surface area (Å²) in [6.07, 6.45) is -4.53. The standard InChI is InChI=1S/C8H5F4/c1-5-2-3-6(9)4-7(5)8(10,11)12/h2-4H,1H2. The third kappa shape index (κ3) is 1.75. The summed E-state index contributed by atoms with van der Waals surface area (Å²) >= 11 is 0. The monoisotopic (exact) mass is 177 g/mol. The molecule has 12 heavy (non-hydrogen) atoms. The van der Waals surface area contributed by atoms with Crippen molar-refractivity contribution in [3.05, 3.63) is 42.1 Å². The van der Waals surface area contributed by atoms with Gasteiger partial charge in [0.2, 0.25) is 0 Å². The van der Waals surface area contributed by atoms with Crippen molar-refractivity contribution >= 4 is 0 Å². The lowest BCUT2D eigenvalue weighted by molar-refractivity contribution is -0.138. The molecule has 0 nitrogen and oxygen atoms in total. The largest absolute Gasteiger partial charge is 0.416 e. The molecule has 1 aromatic carbocycles. The third-order valence-corrected chi connectivity index (χ3v) is 1.38. The van der Waals surface area contributed by atoms with Crippen molar-refractivity contribution in [3.8, 4) is 0 Å². The van der Waals surface area contributed by atoms with Crippen LogP contribution >= 0.6 is 0 Å². The zero-order valence-electron chi connectivity index (χ0n) is 5.95. The van der Waals surface area contributed by atoms with Crippen LogP contribution in [0, 0.1) is 12.7 Å². The van der Waals surface area contributed by atoms with E-state index in [1.165, 1.54) is 0 Å². The van der Waals surface area contributed by atoms with Crippen LogP contribution < -0.4 is 0 Å². The van der Waals surface area contributed by atoms with Gasteiger partial charge >= 0.3 is 6.18 Å². The van der Waals surface area contributed by atoms with E-state index in [2.05, 4.69) is 6.92 Å². The number of rotatable bonds is 0. The highest BCUT2D eigenvalue weighted by Gasteiger charge is 2.32. The Morgan fingerprint density at radius 1 is 1.17 bits per heavy atom. The Kier molecular flexibility index (Phi) is 2.08. The van der Waals surface area contributed by atoms with E-state index in [0.717, 1.165) is 12.1 Å². The zero-order valence-corrected chi connectivity index (χ0v) is 5.95. The fourth-order valence-electron chi connectivity index (χ4n) is 0.813. The van der Waals surface area contributed by atoms with Gasteiger partial charge in [-0.25, -0.2) is 4.39 Å². The molecule has 0 aliphatic carbocycles. The number of benzene rings is 1. The average Bonchev–Trinajstić information content (AvgIpc) is 1.92. The Bertz CT molecular complexity index is 288. The molecule has 1 radical (unpaired) electrons. The first-order valence-corrected chi connectivity index (χ1v) is 3.10. The summed E-state index contributed by atoms with van der Waals surface area (Å²) in [5, 5.41) is 0. The Balaban J connectivity index is 3.23. The maximum Gasteiger partial charge on any atom is 0.416 e. The van der Waals surface area contributed by atoms with Gasteiger partial charge in [-0.15, -0.1) is 0 Å². The molecule has 0 spiro atoms. The Morgan fingerprint density at radius 2 is 1.75 bits per heavy atom. The lowest BCUT2D eigenvalue weighted by Gasteiger charge is -2.08. The SMILES string of the molecule is [CH2]c1ccc(F)cc1C(F)(F)F. The molecule has 0 unspecified atom stereocenters. The van der Waals surface area contributed by atoms with Crippen LogP contribution in [0.25, 0.3) is 0 Å².